The minimum absolute atomic E-state index is 0.0585. The van der Waals surface area contributed by atoms with Gasteiger partial charge in [-0.1, -0.05) is 85.3 Å². The smallest absolute Gasteiger partial charge is 0.426 e. The predicted molar refractivity (Wildman–Crippen MR) is 131 cm³/mol. The molecule has 5 nitrogen and oxygen atoms in total. The molecule has 0 unspecified atom stereocenters. The molecule has 1 amide bonds. The van der Waals surface area contributed by atoms with E-state index in [0.717, 1.165) is 17.5 Å². The SMILES string of the molecule is CCc1cccc(C[C@H](NC(=O)[C@H](CC(=O)c2ccccc2)c2ccc(Cl)cc2)B(O)O)c1. The fourth-order valence-corrected chi connectivity index (χ4v) is 3.86. The Balaban J connectivity index is 1.82. The van der Waals surface area contributed by atoms with Crippen molar-refractivity contribution in [3.63, 3.8) is 0 Å². The highest BCUT2D eigenvalue weighted by molar-refractivity contribution is 6.43. The van der Waals surface area contributed by atoms with Crippen LogP contribution in [0.1, 0.15) is 46.3 Å². The summed E-state index contributed by atoms with van der Waals surface area (Å²) >= 11 is 6.00. The topological polar surface area (TPSA) is 86.6 Å². The summed E-state index contributed by atoms with van der Waals surface area (Å²) in [7, 11) is -1.75. The van der Waals surface area contributed by atoms with Gasteiger partial charge in [-0.3, -0.25) is 9.59 Å². The van der Waals surface area contributed by atoms with Gasteiger partial charge in [0, 0.05) is 17.0 Å². The zero-order valence-corrected chi connectivity index (χ0v) is 19.2. The summed E-state index contributed by atoms with van der Waals surface area (Å²) in [6.07, 6.45) is 1.04. The summed E-state index contributed by atoms with van der Waals surface area (Å²) in [5.74, 6) is -2.36. The van der Waals surface area contributed by atoms with E-state index in [0.29, 0.717) is 16.1 Å². The molecule has 170 valence electrons. The van der Waals surface area contributed by atoms with Crippen LogP contribution in [-0.2, 0) is 17.6 Å². The zero-order valence-electron chi connectivity index (χ0n) is 18.4. The normalized spacial score (nSPS) is 12.6. The average Bonchev–Trinajstić information content (AvgIpc) is 2.83. The van der Waals surface area contributed by atoms with Gasteiger partial charge in [-0.25, -0.2) is 0 Å². The summed E-state index contributed by atoms with van der Waals surface area (Å²) in [5, 5.41) is 23.2. The lowest BCUT2D eigenvalue weighted by atomic mass is 9.75. The third-order valence-corrected chi connectivity index (χ3v) is 5.87. The Hall–Kier alpha value is -2.93. The third kappa shape index (κ3) is 7.03. The van der Waals surface area contributed by atoms with Crippen LogP contribution in [0.5, 0.6) is 0 Å². The van der Waals surface area contributed by atoms with E-state index in [9.17, 15) is 19.6 Å². The van der Waals surface area contributed by atoms with Gasteiger partial charge in [0.05, 0.1) is 11.9 Å². The van der Waals surface area contributed by atoms with Gasteiger partial charge >= 0.3 is 7.12 Å². The van der Waals surface area contributed by atoms with Gasteiger partial charge in [0.1, 0.15) is 0 Å². The monoisotopic (exact) mass is 463 g/mol. The number of rotatable bonds is 10. The maximum absolute atomic E-state index is 13.3. The molecule has 0 radical (unpaired) electrons. The van der Waals surface area contributed by atoms with Gasteiger partial charge in [-0.15, -0.1) is 0 Å². The Morgan fingerprint density at radius 3 is 2.24 bits per heavy atom. The van der Waals surface area contributed by atoms with E-state index in [4.69, 9.17) is 11.6 Å². The molecule has 0 saturated heterocycles. The fraction of sp³-hybridized carbons (Fsp3) is 0.231. The second kappa shape index (κ2) is 11.8. The van der Waals surface area contributed by atoms with Crippen molar-refractivity contribution in [2.45, 2.75) is 38.0 Å². The lowest BCUT2D eigenvalue weighted by Gasteiger charge is -2.23. The molecule has 0 saturated carbocycles. The number of hydrogen-bond acceptors (Lipinski definition) is 4. The lowest BCUT2D eigenvalue weighted by molar-refractivity contribution is -0.123. The molecule has 0 spiro atoms. The number of halogens is 1. The van der Waals surface area contributed by atoms with Crippen LogP contribution < -0.4 is 5.32 Å². The van der Waals surface area contributed by atoms with Crippen molar-refractivity contribution in [1.29, 1.82) is 0 Å². The van der Waals surface area contributed by atoms with E-state index >= 15 is 0 Å². The van der Waals surface area contributed by atoms with Crippen LogP contribution in [0.15, 0.2) is 78.9 Å². The molecule has 2 atom stereocenters. The molecule has 3 aromatic carbocycles. The van der Waals surface area contributed by atoms with Crippen molar-refractivity contribution < 1.29 is 19.6 Å². The zero-order chi connectivity index (χ0) is 23.8. The molecular weight excluding hydrogens is 437 g/mol. The van der Waals surface area contributed by atoms with E-state index in [1.54, 1.807) is 48.5 Å². The molecular formula is C26H27BClNO4. The Kier molecular flexibility index (Phi) is 8.83. The highest BCUT2D eigenvalue weighted by atomic mass is 35.5. The third-order valence-electron chi connectivity index (χ3n) is 5.62. The highest BCUT2D eigenvalue weighted by Crippen LogP contribution is 2.25. The first-order valence-corrected chi connectivity index (χ1v) is 11.3. The minimum Gasteiger partial charge on any atom is -0.426 e. The van der Waals surface area contributed by atoms with Gasteiger partial charge in [0.2, 0.25) is 5.91 Å². The number of nitrogens with one attached hydrogen (secondary N) is 1. The average molecular weight is 464 g/mol. The second-order valence-electron chi connectivity index (χ2n) is 8.00. The molecule has 0 aliphatic heterocycles. The number of aryl methyl sites for hydroxylation is 1. The number of hydrogen-bond donors (Lipinski definition) is 3. The van der Waals surface area contributed by atoms with Crippen LogP contribution in [0.25, 0.3) is 0 Å². The fourth-order valence-electron chi connectivity index (χ4n) is 3.73. The number of ketones is 1. The van der Waals surface area contributed by atoms with Crippen LogP contribution in [0, 0.1) is 0 Å². The standard InChI is InChI=1S/C26H27BClNO4/c1-2-18-7-6-8-19(15-18)16-25(27(32)33)29-26(31)23(20-11-13-22(28)14-12-20)17-24(30)21-9-4-3-5-10-21/h3-15,23,25,32-33H,2,16-17H2,1H3,(H,29,31)/t23-,25+/m1/s1. The maximum atomic E-state index is 13.3. The molecule has 0 aliphatic carbocycles. The number of carbonyl (C=O) groups excluding carboxylic acids is 2. The second-order valence-corrected chi connectivity index (χ2v) is 8.44. The van der Waals surface area contributed by atoms with Crippen LogP contribution in [0.2, 0.25) is 5.02 Å². The van der Waals surface area contributed by atoms with E-state index in [2.05, 4.69) is 5.32 Å². The van der Waals surface area contributed by atoms with E-state index < -0.39 is 24.9 Å². The largest absolute Gasteiger partial charge is 0.475 e. The Labute approximate surface area is 199 Å². The van der Waals surface area contributed by atoms with Crippen molar-refractivity contribution in [1.82, 2.24) is 5.32 Å². The van der Waals surface area contributed by atoms with Gasteiger partial charge in [0.15, 0.2) is 5.78 Å². The number of amides is 1. The Bertz CT molecular complexity index is 1070. The van der Waals surface area contributed by atoms with E-state index in [1.165, 1.54) is 0 Å². The van der Waals surface area contributed by atoms with E-state index in [-0.39, 0.29) is 18.6 Å². The summed E-state index contributed by atoms with van der Waals surface area (Å²) in [5.41, 5.74) is 3.15. The van der Waals surface area contributed by atoms with Gasteiger partial charge < -0.3 is 15.4 Å². The van der Waals surface area contributed by atoms with Crippen molar-refractivity contribution >= 4 is 30.4 Å². The van der Waals surface area contributed by atoms with Gasteiger partial charge in [-0.05, 0) is 41.7 Å². The summed E-state index contributed by atoms with van der Waals surface area (Å²) < 4.78 is 0. The first-order valence-electron chi connectivity index (χ1n) is 11.0. The molecule has 3 rings (SSSR count). The van der Waals surface area contributed by atoms with Crippen molar-refractivity contribution in [3.8, 4) is 0 Å². The molecule has 3 aromatic rings. The van der Waals surface area contributed by atoms with Gasteiger partial charge in [-0.2, -0.15) is 0 Å². The van der Waals surface area contributed by atoms with Crippen LogP contribution in [0.4, 0.5) is 0 Å². The number of benzene rings is 3. The summed E-state index contributed by atoms with van der Waals surface area (Å²) in [6.45, 7) is 2.04. The van der Waals surface area contributed by atoms with Crippen molar-refractivity contribution in [2.75, 3.05) is 0 Å². The first kappa shape index (κ1) is 24.7. The highest BCUT2D eigenvalue weighted by Gasteiger charge is 2.31. The first-order chi connectivity index (χ1) is 15.9. The minimum atomic E-state index is -1.75. The van der Waals surface area contributed by atoms with Crippen LogP contribution >= 0.6 is 11.6 Å². The number of carbonyl (C=O) groups is 2. The van der Waals surface area contributed by atoms with Crippen molar-refractivity contribution in [3.05, 3.63) is 106 Å². The quantitative estimate of drug-likeness (QED) is 0.313. The lowest BCUT2D eigenvalue weighted by Crippen LogP contribution is -2.49. The summed E-state index contributed by atoms with van der Waals surface area (Å²) in [6, 6.07) is 23.3. The van der Waals surface area contributed by atoms with E-state index in [1.807, 2.05) is 37.3 Å². The molecule has 0 fully saturated rings. The van der Waals surface area contributed by atoms with Crippen LogP contribution in [-0.4, -0.2) is 34.8 Å². The van der Waals surface area contributed by atoms with Crippen molar-refractivity contribution in [2.24, 2.45) is 0 Å². The number of Topliss-reactive ketones (excluding diaryl/α,β-unsaturated/α-hetero) is 1. The Morgan fingerprint density at radius 1 is 0.939 bits per heavy atom. The van der Waals surface area contributed by atoms with Crippen LogP contribution in [0.3, 0.4) is 0 Å². The van der Waals surface area contributed by atoms with Gasteiger partial charge in [0.25, 0.3) is 0 Å². The summed E-state index contributed by atoms with van der Waals surface area (Å²) in [4.78, 5) is 26.2. The molecule has 0 bridgehead atoms. The molecule has 0 aliphatic rings. The Morgan fingerprint density at radius 2 is 1.61 bits per heavy atom. The molecule has 0 heterocycles. The molecule has 0 aromatic heterocycles. The molecule has 3 N–H and O–H groups in total. The maximum Gasteiger partial charge on any atom is 0.475 e. The molecule has 7 heteroatoms. The predicted octanol–water partition coefficient (Wildman–Crippen LogP) is 4.00. The molecule has 33 heavy (non-hydrogen) atoms.